The zero-order chi connectivity index (χ0) is 59.3. The molecule has 8 aliphatic carbocycles. The summed E-state index contributed by atoms with van der Waals surface area (Å²) in [7, 11) is -10.3. The average molecular weight is 1610 g/mol. The number of hydrogen-bond acceptors (Lipinski definition) is 8. The summed E-state index contributed by atoms with van der Waals surface area (Å²) in [5.41, 5.74) is 9.88. The van der Waals surface area contributed by atoms with Gasteiger partial charge < -0.3 is 0 Å². The Labute approximate surface area is 559 Å². The van der Waals surface area contributed by atoms with E-state index in [-0.39, 0.29) is 52.8 Å². The summed E-state index contributed by atoms with van der Waals surface area (Å²) in [6, 6.07) is 0. The van der Waals surface area contributed by atoms with E-state index in [4.69, 9.17) is 130 Å². The van der Waals surface area contributed by atoms with Crippen LogP contribution >= 0.6 is 124 Å². The van der Waals surface area contributed by atoms with Crippen LogP contribution in [-0.2, 0) is 21.1 Å². The van der Waals surface area contributed by atoms with Crippen molar-refractivity contribution in [3.63, 3.8) is 0 Å². The normalized spacial score (nSPS) is 21.8. The monoisotopic (exact) mass is 1610 g/mol. The SMILES string of the molecule is C1CCC([PH+](C[PH+](C2CCCCC2)C2CCCCC2)C2CCCCC2)CC1.C1CCC([PH+](C[PH+](C2CCCCC2)C2CCCCC2)C2CCCCC2)CC1.ClCCCl.ClCCCl.ClCCCl.ClCCCl.[O-][Cl+3]([O-])([O-])[O-].[O-][Cl+3]([O-])([O-])[O-].[Pt+2]. The quantitative estimate of drug-likeness (QED) is 0.108. The molecule has 0 aliphatic heterocycles. The Hall–Kier alpha value is 4.99. The Bertz CT molecular complexity index is 1060. The van der Waals surface area contributed by atoms with Crippen molar-refractivity contribution in [2.24, 2.45) is 0 Å². The topological polar surface area (TPSA) is 184 Å². The van der Waals surface area contributed by atoms with E-state index in [1.165, 1.54) is 45.3 Å². The van der Waals surface area contributed by atoms with Crippen LogP contribution in [0.15, 0.2) is 0 Å². The van der Waals surface area contributed by atoms with Gasteiger partial charge in [0.2, 0.25) is 0 Å². The minimum absolute atomic E-state index is 0. The maximum absolute atomic E-state index is 8.49. The summed E-state index contributed by atoms with van der Waals surface area (Å²) in [5.74, 6) is 8.18. The molecule has 0 heterocycles. The van der Waals surface area contributed by atoms with Crippen LogP contribution in [0.2, 0.25) is 0 Å². The summed E-state index contributed by atoms with van der Waals surface area (Å²) < 4.78 is 67.9. The molecule has 0 atom stereocenters. The molecule has 8 rings (SSSR count). The second kappa shape index (κ2) is 56.5. The van der Waals surface area contributed by atoms with Gasteiger partial charge in [0.05, 0.1) is 45.3 Å². The van der Waals surface area contributed by atoms with Gasteiger partial charge in [-0.05, 0) is 205 Å². The van der Waals surface area contributed by atoms with Gasteiger partial charge in [-0.3, -0.25) is 0 Å². The number of rotatable bonds is 16. The first-order valence-corrected chi connectivity index (χ1v) is 45.8. The van der Waals surface area contributed by atoms with Crippen molar-refractivity contribution < 1.29 is 78.8 Å². The summed E-state index contributed by atoms with van der Waals surface area (Å²) in [6.45, 7) is 0. The number of alkyl halides is 8. The van der Waals surface area contributed by atoms with Gasteiger partial charge in [0.1, 0.15) is 0 Å². The van der Waals surface area contributed by atoms with Crippen molar-refractivity contribution >= 4 is 124 Å². The van der Waals surface area contributed by atoms with Crippen LogP contribution in [0.4, 0.5) is 0 Å². The largest absolute Gasteiger partial charge is 2.00 e. The molecule has 23 heteroatoms. The Kier molecular flexibility index (Phi) is 60.0. The van der Waals surface area contributed by atoms with Crippen LogP contribution in [0.3, 0.4) is 0 Å². The third-order valence-corrected chi connectivity index (χ3v) is 40.0. The van der Waals surface area contributed by atoms with Crippen molar-refractivity contribution in [1.29, 1.82) is 0 Å². The van der Waals surface area contributed by atoms with Gasteiger partial charge in [0.15, 0.2) is 11.8 Å². The molecule has 0 aromatic heterocycles. The van der Waals surface area contributed by atoms with Gasteiger partial charge in [0, 0.05) is 78.7 Å². The van der Waals surface area contributed by atoms with E-state index in [0.29, 0.717) is 47.0 Å². The fraction of sp³-hybridized carbons (Fsp3) is 1.00. The maximum atomic E-state index is 8.49. The van der Waals surface area contributed by atoms with E-state index in [1.54, 1.807) is 257 Å². The van der Waals surface area contributed by atoms with E-state index in [2.05, 4.69) is 0 Å². The molecular weight excluding hydrogens is 1500 g/mol. The molecule has 8 aliphatic rings. The van der Waals surface area contributed by atoms with Crippen molar-refractivity contribution in [2.45, 2.75) is 302 Å². The van der Waals surface area contributed by atoms with Crippen molar-refractivity contribution in [2.75, 3.05) is 58.8 Å². The minimum Gasteiger partial charge on any atom is -0.222 e. The second-order valence-corrected chi connectivity index (χ2v) is 42.1. The first kappa shape index (κ1) is 86.0. The molecule has 8 fully saturated rings. The van der Waals surface area contributed by atoms with E-state index in [9.17, 15) is 0 Å². The zero-order valence-corrected chi connectivity index (χ0v) is 63.2. The summed E-state index contributed by atoms with van der Waals surface area (Å²) >= 11 is 40.4. The summed E-state index contributed by atoms with van der Waals surface area (Å²) in [6.07, 6.45) is 64.1. The molecule has 8 saturated carbocycles. The maximum Gasteiger partial charge on any atom is 2.00 e. The summed E-state index contributed by atoms with van der Waals surface area (Å²) in [5, 5.41) is 0. The predicted molar refractivity (Wildman–Crippen MR) is 344 cm³/mol. The molecule has 0 aromatic carbocycles. The van der Waals surface area contributed by atoms with E-state index in [1.807, 2.05) is 11.8 Å². The minimum atomic E-state index is -4.94. The van der Waals surface area contributed by atoms with E-state index >= 15 is 0 Å². The molecule has 81 heavy (non-hydrogen) atoms. The van der Waals surface area contributed by atoms with Crippen LogP contribution in [-0.4, -0.2) is 104 Å². The van der Waals surface area contributed by atoms with E-state index < -0.39 is 20.5 Å². The van der Waals surface area contributed by atoms with Crippen LogP contribution in [0.25, 0.3) is 0 Å². The first-order chi connectivity index (χ1) is 38.5. The van der Waals surface area contributed by atoms with Gasteiger partial charge in [-0.15, -0.1) is 113 Å². The number of halogens is 10. The molecule has 0 saturated heterocycles. The first-order valence-electron chi connectivity index (χ1n) is 31.6. The standard InChI is InChI=1S/2C25H46P2.4C2H4Cl2.2ClHO4.Pt/c2*1-5-13-22(14-6-1)26(23-15-7-2-8-16-23)21-27(24-17-9-3-10-18-24)25-19-11-4-12-20-25;4*3-1-2-4;2*2-1(3,4)5;/h2*22-25H,1-21H2;4*1-2H2;2*(H,2,3,4,5);/q;;;;;;;;+2/p+2. The molecule has 8 nitrogen and oxygen atoms in total. The third-order valence-electron chi connectivity index (χ3n) is 18.1. The average Bonchev–Trinajstić information content (AvgIpc) is 3.51. The Morgan fingerprint density at radius 1 is 0.210 bits per heavy atom. The molecule has 0 amide bonds. The third kappa shape index (κ3) is 45.8. The molecule has 488 valence electrons. The zero-order valence-electron chi connectivity index (χ0n) is 49.3. The van der Waals surface area contributed by atoms with Crippen LogP contribution in [0, 0.1) is 20.5 Å². The van der Waals surface area contributed by atoms with Gasteiger partial charge >= 0.3 is 21.1 Å². The molecule has 0 N–H and O–H groups in total. The predicted octanol–water partition coefficient (Wildman–Crippen LogP) is 13.7. The molecular formula is C58H112Cl10O8P4Pt+4. The number of hydrogen-bond donors (Lipinski definition) is 0. The van der Waals surface area contributed by atoms with Gasteiger partial charge in [0.25, 0.3) is 0 Å². The molecule has 0 aromatic rings. The molecule has 0 bridgehead atoms. The van der Waals surface area contributed by atoms with Crippen LogP contribution in [0.5, 0.6) is 0 Å². The Balaban J connectivity index is 0.00000110. The summed E-state index contributed by atoms with van der Waals surface area (Å²) in [4.78, 5) is 0. The second-order valence-electron chi connectivity index (χ2n) is 23.6. The smallest absolute Gasteiger partial charge is 0.222 e. The van der Waals surface area contributed by atoms with Crippen LogP contribution < -0.4 is 37.3 Å². The Morgan fingerprint density at radius 2 is 0.296 bits per heavy atom. The van der Waals surface area contributed by atoms with E-state index in [0.717, 1.165) is 0 Å². The molecule has 0 unspecified atom stereocenters. The van der Waals surface area contributed by atoms with Crippen molar-refractivity contribution in [1.82, 2.24) is 0 Å². The molecule has 0 spiro atoms. The van der Waals surface area contributed by atoms with Gasteiger partial charge in [-0.2, -0.15) is 0 Å². The van der Waals surface area contributed by atoms with Crippen LogP contribution in [0.1, 0.15) is 257 Å². The van der Waals surface area contributed by atoms with Crippen molar-refractivity contribution in [3.05, 3.63) is 0 Å². The fourth-order valence-corrected chi connectivity index (χ4v) is 39.6. The van der Waals surface area contributed by atoms with Gasteiger partial charge in [-0.1, -0.05) is 51.4 Å². The Morgan fingerprint density at radius 3 is 0.370 bits per heavy atom. The van der Waals surface area contributed by atoms with Gasteiger partial charge in [-0.25, -0.2) is 37.3 Å². The van der Waals surface area contributed by atoms with Crippen molar-refractivity contribution in [3.8, 4) is 0 Å². The fourth-order valence-electron chi connectivity index (χ4n) is 14.7. The molecule has 0 radical (unpaired) electrons.